The Morgan fingerprint density at radius 3 is 2.20 bits per heavy atom. The van der Waals surface area contributed by atoms with Gasteiger partial charge in [-0.25, -0.2) is 9.59 Å². The normalized spacial score (nSPS) is 25.8. The Balaban J connectivity index is 0.926. The van der Waals surface area contributed by atoms with Gasteiger partial charge in [0, 0.05) is 42.5 Å². The number of methoxy groups -OCH3 is 1. The fourth-order valence-electron chi connectivity index (χ4n) is 12.2. The number of epoxide rings is 1. The van der Waals surface area contributed by atoms with E-state index in [1.807, 2.05) is 115 Å². The molecule has 3 heterocycles. The highest BCUT2D eigenvalue weighted by molar-refractivity contribution is 5.98. The van der Waals surface area contributed by atoms with Crippen molar-refractivity contribution in [3.63, 3.8) is 0 Å². The molecule has 2 saturated heterocycles. The molecule has 3 aromatic carbocycles. The van der Waals surface area contributed by atoms with Crippen LogP contribution in [0.15, 0.2) is 109 Å². The maximum Gasteiger partial charge on any atom is 0.410 e. The van der Waals surface area contributed by atoms with Gasteiger partial charge in [0.15, 0.2) is 6.10 Å². The molecule has 0 spiro atoms. The van der Waals surface area contributed by atoms with Crippen LogP contribution in [0.5, 0.6) is 0 Å². The molecule has 0 aromatic heterocycles. The number of hydrogen-bond acceptors (Lipinski definition) is 13. The number of ether oxygens (including phenoxy) is 5. The molecule has 6 N–H and O–H groups in total. The number of allylic oxidation sites excluding steroid dienone is 2. The minimum absolute atomic E-state index is 0.0402. The molecule has 4 aliphatic rings. The highest BCUT2D eigenvalue weighted by atomic mass is 16.6. The summed E-state index contributed by atoms with van der Waals surface area (Å²) in [6.07, 6.45) is 7.50. The van der Waals surface area contributed by atoms with Crippen molar-refractivity contribution in [3.8, 4) is 11.1 Å². The Morgan fingerprint density at radius 2 is 1.58 bits per heavy atom. The van der Waals surface area contributed by atoms with Crippen molar-refractivity contribution in [3.05, 3.63) is 125 Å². The molecule has 0 bridgehead atoms. The number of carbonyl (C=O) groups excluding carboxylic acids is 5. The van der Waals surface area contributed by atoms with E-state index >= 15 is 0 Å². The summed E-state index contributed by atoms with van der Waals surface area (Å²) >= 11 is 0. The molecule has 86 heavy (non-hydrogen) atoms. The minimum Gasteiger partial charge on any atom is -0.457 e. The molecular formula is C68H96N5O13+. The zero-order valence-corrected chi connectivity index (χ0v) is 52.5. The average Bonchev–Trinajstić information content (AvgIpc) is 1.96. The van der Waals surface area contributed by atoms with Crippen LogP contribution in [0.3, 0.4) is 0 Å². The van der Waals surface area contributed by atoms with Gasteiger partial charge in [-0.2, -0.15) is 0 Å². The van der Waals surface area contributed by atoms with E-state index in [0.717, 1.165) is 51.7 Å². The minimum atomic E-state index is -1.20. The number of benzene rings is 3. The molecule has 3 aliphatic heterocycles. The second-order valence-corrected chi connectivity index (χ2v) is 25.3. The first-order valence-electron chi connectivity index (χ1n) is 31.0. The Bertz CT molecular complexity index is 2840. The number of quaternary nitrogens is 1. The van der Waals surface area contributed by atoms with E-state index in [9.17, 15) is 39.3 Å². The molecule has 18 heteroatoms. The van der Waals surface area contributed by atoms with Crippen molar-refractivity contribution >= 4 is 35.7 Å². The Labute approximate surface area is 509 Å². The number of aliphatic hydroxyl groups is 3. The molecule has 12 atom stereocenters. The lowest BCUT2D eigenvalue weighted by atomic mass is 9.88. The maximum atomic E-state index is 14.3. The van der Waals surface area contributed by atoms with Crippen LogP contribution >= 0.6 is 0 Å². The van der Waals surface area contributed by atoms with Crippen molar-refractivity contribution in [2.24, 2.45) is 17.8 Å². The number of piperazine rings is 1. The molecule has 0 unspecified atom stereocenters. The molecule has 1 aliphatic carbocycles. The summed E-state index contributed by atoms with van der Waals surface area (Å²) in [4.78, 5) is 69.5. The molecule has 7 rings (SSSR count). The summed E-state index contributed by atoms with van der Waals surface area (Å²) in [6.45, 7) is 22.5. The topological polar surface area (TPSA) is 235 Å². The monoisotopic (exact) mass is 1190 g/mol. The van der Waals surface area contributed by atoms with Crippen molar-refractivity contribution in [2.45, 2.75) is 187 Å². The van der Waals surface area contributed by atoms with Gasteiger partial charge in [0.2, 0.25) is 11.8 Å². The van der Waals surface area contributed by atoms with Gasteiger partial charge in [0.25, 0.3) is 0 Å². The number of alkyl carbamates (subject to hydrolysis) is 1. The summed E-state index contributed by atoms with van der Waals surface area (Å²) in [5.74, 6) is -2.35. The van der Waals surface area contributed by atoms with Gasteiger partial charge < -0.3 is 59.4 Å². The van der Waals surface area contributed by atoms with Crippen LogP contribution in [-0.4, -0.2) is 161 Å². The van der Waals surface area contributed by atoms with Crippen molar-refractivity contribution in [1.82, 2.24) is 15.5 Å². The standard InChI is InChI=1S/C68H95N5O13/c1-12-14-36-73(41-48-26-28-49(29-27-48)70-63(77)47(8)69-64(78)60(43(3)4)71-65(79)83-42-55-53-23-17-15-21-51(53)52-22-16-18-24-54(52)55)37-34-72(35-38-73)66(80)85-58-30-25-45(6)61(86-59(76)39-50(74)31-33-68(58,10)82-11)44(5)20-19-32-67(9,81)40-57-62(84-57)46(7)56(75)13-2/h15-30,32,43,45-47,50,55-58,60-62,74-75,81H,12-14,31,33-42H2,1-11H3,(H2-,69,70,71,77,78,79)/p+1/b30-25+,32-19+,44-20+/t45-,46+,47-,50+,56-,57+,58-,60-,61+,62+,67-,68+/m0/s1. The number of carbonyl (C=O) groups is 5. The molecule has 3 aromatic rings. The number of esters is 1. The van der Waals surface area contributed by atoms with Crippen LogP contribution in [0.4, 0.5) is 15.3 Å². The number of unbranched alkanes of at least 4 members (excludes halogenated alkanes) is 1. The Kier molecular flexibility index (Phi) is 23.4. The van der Waals surface area contributed by atoms with Crippen LogP contribution in [-0.2, 0) is 44.6 Å². The van der Waals surface area contributed by atoms with Crippen LogP contribution in [0.25, 0.3) is 11.1 Å². The maximum absolute atomic E-state index is 14.3. The van der Waals surface area contributed by atoms with E-state index in [4.69, 9.17) is 23.7 Å². The van der Waals surface area contributed by atoms with Gasteiger partial charge in [0.05, 0.1) is 69.2 Å². The molecule has 0 radical (unpaired) electrons. The lowest BCUT2D eigenvalue weighted by molar-refractivity contribution is -0.944. The second kappa shape index (κ2) is 30.0. The molecule has 0 saturated carbocycles. The van der Waals surface area contributed by atoms with Crippen LogP contribution in [0.1, 0.15) is 137 Å². The number of rotatable bonds is 23. The highest BCUT2D eigenvalue weighted by Crippen LogP contribution is 2.45. The summed E-state index contributed by atoms with van der Waals surface area (Å²) < 4.78 is 30.8. The Morgan fingerprint density at radius 1 is 0.930 bits per heavy atom. The van der Waals surface area contributed by atoms with Gasteiger partial charge >= 0.3 is 18.2 Å². The largest absolute Gasteiger partial charge is 0.457 e. The summed E-state index contributed by atoms with van der Waals surface area (Å²) in [5.41, 5.74) is 4.46. The van der Waals surface area contributed by atoms with Crippen molar-refractivity contribution in [1.29, 1.82) is 0 Å². The number of anilines is 1. The first-order valence-corrected chi connectivity index (χ1v) is 31.0. The van der Waals surface area contributed by atoms with Crippen LogP contribution in [0.2, 0.25) is 0 Å². The molecule has 4 amide bonds. The zero-order valence-electron chi connectivity index (χ0n) is 52.5. The van der Waals surface area contributed by atoms with Crippen molar-refractivity contribution < 1.29 is 67.5 Å². The third-order valence-electron chi connectivity index (χ3n) is 18.0. The first-order chi connectivity index (χ1) is 40.9. The number of fused-ring (bicyclic) bond motifs is 3. The summed E-state index contributed by atoms with van der Waals surface area (Å²) in [5, 5.41) is 41.0. The number of aliphatic hydroxyl groups excluding tert-OH is 2. The fourth-order valence-corrected chi connectivity index (χ4v) is 12.2. The van der Waals surface area contributed by atoms with E-state index in [1.54, 1.807) is 50.2 Å². The van der Waals surface area contributed by atoms with Gasteiger partial charge in [-0.3, -0.25) is 19.3 Å². The van der Waals surface area contributed by atoms with Gasteiger partial charge in [-0.1, -0.05) is 133 Å². The summed E-state index contributed by atoms with van der Waals surface area (Å²) in [6, 6.07) is 21.9. The molecular weight excluding hydrogens is 1090 g/mol. The third kappa shape index (κ3) is 17.6. The first kappa shape index (κ1) is 67.1. The van der Waals surface area contributed by atoms with Gasteiger partial charge in [0.1, 0.15) is 36.9 Å². The smallest absolute Gasteiger partial charge is 0.410 e. The number of cyclic esters (lactones) is 1. The number of nitrogens with one attached hydrogen (secondary N) is 3. The van der Waals surface area contributed by atoms with Gasteiger partial charge in [-0.15, -0.1) is 0 Å². The van der Waals surface area contributed by atoms with Gasteiger partial charge in [-0.05, 0) is 105 Å². The second-order valence-electron chi connectivity index (χ2n) is 25.3. The third-order valence-corrected chi connectivity index (χ3v) is 18.0. The van der Waals surface area contributed by atoms with Crippen molar-refractivity contribution in [2.75, 3.05) is 51.8 Å². The number of hydrogen-bond donors (Lipinski definition) is 6. The average molecular weight is 1190 g/mol. The molecule has 470 valence electrons. The van der Waals surface area contributed by atoms with E-state index in [0.29, 0.717) is 56.8 Å². The van der Waals surface area contributed by atoms with Crippen LogP contribution in [0, 0.1) is 17.8 Å². The molecule has 2 fully saturated rings. The lowest BCUT2D eigenvalue weighted by Gasteiger charge is -2.45. The summed E-state index contributed by atoms with van der Waals surface area (Å²) in [7, 11) is 1.55. The quantitative estimate of drug-likeness (QED) is 0.0130. The predicted octanol–water partition coefficient (Wildman–Crippen LogP) is 9.50. The highest BCUT2D eigenvalue weighted by Gasteiger charge is 2.47. The van der Waals surface area contributed by atoms with E-state index in [-0.39, 0.29) is 55.8 Å². The number of amides is 4. The van der Waals surface area contributed by atoms with E-state index in [2.05, 4.69) is 35.0 Å². The zero-order chi connectivity index (χ0) is 62.5. The van der Waals surface area contributed by atoms with Crippen LogP contribution < -0.4 is 16.0 Å². The Hall–Kier alpha value is -6.41. The predicted molar refractivity (Wildman–Crippen MR) is 331 cm³/mol. The fraction of sp³-hybridized carbons (Fsp3) is 0.574. The SMILES string of the molecule is CCCC[N+]1(Cc2ccc(NC(=O)[C@H](C)NC(=O)[C@@H](NC(=O)OCC3c4ccccc4-c4ccccc43)C(C)C)cc2)CCN(C(=O)O[C@H]2/C=C/[C@H](C)[C@@H](/C(C)=C/C=C/[C@](C)(O)C[C@H]3O[C@@H]3[C@H](C)[C@@H](O)CC)OC(=O)C[C@H](O)CC[C@@]2(C)OC)CC1. The number of nitrogens with zero attached hydrogens (tertiary/aromatic N) is 2. The molecule has 18 nitrogen and oxygen atoms in total. The lowest BCUT2D eigenvalue weighted by Crippen LogP contribution is -2.60. The van der Waals surface area contributed by atoms with E-state index < -0.39 is 83.6 Å². The van der Waals surface area contributed by atoms with E-state index in [1.165, 1.54) is 0 Å².